The van der Waals surface area contributed by atoms with Crippen LogP contribution in [0.5, 0.6) is 5.75 Å². The Morgan fingerprint density at radius 1 is 1.47 bits per heavy atom. The number of ether oxygens (including phenoxy) is 1. The van der Waals surface area contributed by atoms with Crippen molar-refractivity contribution in [2.24, 2.45) is 5.41 Å². The Kier molecular flexibility index (Phi) is 4.52. The first-order valence-corrected chi connectivity index (χ1v) is 6.25. The van der Waals surface area contributed by atoms with E-state index in [0.29, 0.717) is 4.47 Å². The standard InChI is InChI=1S/C12H14BrNO5/c1-12(2,3)10(11(15)16)19-9-5-4-7(14(17)18)6-8(9)13/h4-6,10H,1-3H3,(H,15,16). The fraction of sp³-hybridized carbons (Fsp3) is 0.417. The van der Waals surface area contributed by atoms with Crippen LogP contribution in [0.15, 0.2) is 22.7 Å². The lowest BCUT2D eigenvalue weighted by molar-refractivity contribution is -0.385. The summed E-state index contributed by atoms with van der Waals surface area (Å²) < 4.78 is 5.78. The van der Waals surface area contributed by atoms with Gasteiger partial charge in [-0.2, -0.15) is 0 Å². The molecular weight excluding hydrogens is 318 g/mol. The van der Waals surface area contributed by atoms with Gasteiger partial charge in [0.15, 0.2) is 6.10 Å². The molecule has 1 N–H and O–H groups in total. The number of non-ortho nitro benzene ring substituents is 1. The van der Waals surface area contributed by atoms with Crippen LogP contribution in [-0.2, 0) is 4.79 Å². The summed E-state index contributed by atoms with van der Waals surface area (Å²) in [6, 6.07) is 3.92. The minimum atomic E-state index is -1.09. The number of carboxylic acid groups (broad SMARTS) is 1. The second-order valence-corrected chi connectivity index (χ2v) is 5.93. The zero-order valence-electron chi connectivity index (χ0n) is 10.7. The number of rotatable bonds is 4. The van der Waals surface area contributed by atoms with E-state index < -0.39 is 22.4 Å². The number of carbonyl (C=O) groups is 1. The predicted molar refractivity (Wildman–Crippen MR) is 72.3 cm³/mol. The molecule has 6 nitrogen and oxygen atoms in total. The number of aliphatic carboxylic acids is 1. The van der Waals surface area contributed by atoms with Crippen LogP contribution >= 0.6 is 15.9 Å². The van der Waals surface area contributed by atoms with Crippen molar-refractivity contribution in [3.05, 3.63) is 32.8 Å². The number of hydrogen-bond donors (Lipinski definition) is 1. The lowest BCUT2D eigenvalue weighted by Gasteiger charge is -2.27. The lowest BCUT2D eigenvalue weighted by Crippen LogP contribution is -2.39. The molecule has 0 bridgehead atoms. The number of halogens is 1. The van der Waals surface area contributed by atoms with Crippen LogP contribution < -0.4 is 4.74 Å². The third kappa shape index (κ3) is 3.92. The number of nitro benzene ring substituents is 1. The van der Waals surface area contributed by atoms with Crippen LogP contribution in [0.1, 0.15) is 20.8 Å². The molecule has 1 rings (SSSR count). The Bertz CT molecular complexity index is 509. The van der Waals surface area contributed by atoms with Crippen molar-refractivity contribution in [2.45, 2.75) is 26.9 Å². The van der Waals surface area contributed by atoms with Crippen molar-refractivity contribution in [1.29, 1.82) is 0 Å². The summed E-state index contributed by atoms with van der Waals surface area (Å²) in [6.07, 6.45) is -1.05. The van der Waals surface area contributed by atoms with Gasteiger partial charge >= 0.3 is 5.97 Å². The van der Waals surface area contributed by atoms with Gasteiger partial charge in [-0.1, -0.05) is 20.8 Å². The third-order valence-electron chi connectivity index (χ3n) is 2.38. The first-order chi connectivity index (χ1) is 8.62. The van der Waals surface area contributed by atoms with Gasteiger partial charge in [0.25, 0.3) is 5.69 Å². The molecule has 1 unspecified atom stereocenters. The van der Waals surface area contributed by atoms with Gasteiger partial charge in [-0.15, -0.1) is 0 Å². The molecule has 0 amide bonds. The Morgan fingerprint density at radius 3 is 2.42 bits per heavy atom. The first kappa shape index (κ1) is 15.4. The summed E-state index contributed by atoms with van der Waals surface area (Å²) >= 11 is 3.14. The average molecular weight is 332 g/mol. The molecule has 104 valence electrons. The fourth-order valence-electron chi connectivity index (χ4n) is 1.42. The molecule has 1 aromatic rings. The highest BCUT2D eigenvalue weighted by atomic mass is 79.9. The Labute approximate surface area is 118 Å². The van der Waals surface area contributed by atoms with Crippen molar-refractivity contribution in [3.8, 4) is 5.75 Å². The van der Waals surface area contributed by atoms with Gasteiger partial charge in [0, 0.05) is 17.5 Å². The Hall–Kier alpha value is -1.63. The van der Waals surface area contributed by atoms with Gasteiger partial charge in [-0.25, -0.2) is 4.79 Å². The first-order valence-electron chi connectivity index (χ1n) is 5.46. The van der Waals surface area contributed by atoms with Gasteiger partial charge in [0.2, 0.25) is 0 Å². The summed E-state index contributed by atoms with van der Waals surface area (Å²) in [5.41, 5.74) is -0.700. The molecule has 0 spiro atoms. The summed E-state index contributed by atoms with van der Waals surface area (Å²) in [5, 5.41) is 19.8. The van der Waals surface area contributed by atoms with Crippen LogP contribution in [0.2, 0.25) is 0 Å². The maximum atomic E-state index is 11.2. The molecule has 0 fully saturated rings. The van der Waals surface area contributed by atoms with E-state index in [1.807, 2.05) is 0 Å². The summed E-state index contributed by atoms with van der Waals surface area (Å²) in [4.78, 5) is 21.3. The fourth-order valence-corrected chi connectivity index (χ4v) is 1.88. The van der Waals surface area contributed by atoms with Crippen molar-refractivity contribution in [3.63, 3.8) is 0 Å². The summed E-state index contributed by atoms with van der Waals surface area (Å²) in [5.74, 6) is -0.828. The summed E-state index contributed by atoms with van der Waals surface area (Å²) in [6.45, 7) is 5.22. The smallest absolute Gasteiger partial charge is 0.345 e. The Balaban J connectivity index is 3.05. The normalized spacial score (nSPS) is 12.8. The van der Waals surface area contributed by atoms with Crippen molar-refractivity contribution in [1.82, 2.24) is 0 Å². The monoisotopic (exact) mass is 331 g/mol. The molecule has 0 aliphatic rings. The van der Waals surface area contributed by atoms with Crippen molar-refractivity contribution >= 4 is 27.6 Å². The minimum Gasteiger partial charge on any atom is -0.478 e. The molecule has 0 aliphatic heterocycles. The van der Waals surface area contributed by atoms with E-state index in [2.05, 4.69) is 15.9 Å². The van der Waals surface area contributed by atoms with Crippen molar-refractivity contribution in [2.75, 3.05) is 0 Å². The van der Waals surface area contributed by atoms with E-state index in [0.717, 1.165) is 0 Å². The van der Waals surface area contributed by atoms with Gasteiger partial charge in [-0.05, 0) is 22.0 Å². The molecule has 0 aromatic heterocycles. The van der Waals surface area contributed by atoms with Crippen molar-refractivity contribution < 1.29 is 19.6 Å². The molecule has 7 heteroatoms. The van der Waals surface area contributed by atoms with E-state index in [1.54, 1.807) is 20.8 Å². The number of benzene rings is 1. The molecule has 1 aromatic carbocycles. The average Bonchev–Trinajstić information content (AvgIpc) is 2.24. The van der Waals surface area contributed by atoms with E-state index in [4.69, 9.17) is 9.84 Å². The van der Waals surface area contributed by atoms with E-state index in [-0.39, 0.29) is 11.4 Å². The SMILES string of the molecule is CC(C)(C)C(Oc1ccc([N+](=O)[O-])cc1Br)C(=O)O. The molecule has 0 saturated carbocycles. The minimum absolute atomic E-state index is 0.0955. The maximum absolute atomic E-state index is 11.2. The topological polar surface area (TPSA) is 89.7 Å². The largest absolute Gasteiger partial charge is 0.478 e. The van der Waals surface area contributed by atoms with Crippen LogP contribution in [0.4, 0.5) is 5.69 Å². The number of carboxylic acids is 1. The quantitative estimate of drug-likeness (QED) is 0.675. The molecular formula is C12H14BrNO5. The van der Waals surface area contributed by atoms with E-state index in [1.165, 1.54) is 18.2 Å². The van der Waals surface area contributed by atoms with Gasteiger partial charge in [-0.3, -0.25) is 10.1 Å². The van der Waals surface area contributed by atoms with Gasteiger partial charge in [0.05, 0.1) is 9.40 Å². The molecule has 0 aliphatic carbocycles. The molecule has 0 radical (unpaired) electrons. The molecule has 0 heterocycles. The van der Waals surface area contributed by atoms with Crippen LogP contribution in [0, 0.1) is 15.5 Å². The van der Waals surface area contributed by atoms with Crippen LogP contribution in [0.3, 0.4) is 0 Å². The van der Waals surface area contributed by atoms with E-state index in [9.17, 15) is 14.9 Å². The van der Waals surface area contributed by atoms with Gasteiger partial charge in [0.1, 0.15) is 5.75 Å². The van der Waals surface area contributed by atoms with Crippen LogP contribution in [0.25, 0.3) is 0 Å². The maximum Gasteiger partial charge on any atom is 0.345 e. The highest BCUT2D eigenvalue weighted by Crippen LogP contribution is 2.32. The molecule has 0 saturated heterocycles. The second-order valence-electron chi connectivity index (χ2n) is 5.07. The highest BCUT2D eigenvalue weighted by Gasteiger charge is 2.34. The molecule has 19 heavy (non-hydrogen) atoms. The van der Waals surface area contributed by atoms with Gasteiger partial charge < -0.3 is 9.84 Å². The summed E-state index contributed by atoms with van der Waals surface area (Å²) in [7, 11) is 0. The highest BCUT2D eigenvalue weighted by molar-refractivity contribution is 9.10. The number of hydrogen-bond acceptors (Lipinski definition) is 4. The zero-order valence-corrected chi connectivity index (χ0v) is 12.3. The lowest BCUT2D eigenvalue weighted by atomic mass is 9.89. The number of nitro groups is 1. The zero-order chi connectivity index (χ0) is 14.8. The third-order valence-corrected chi connectivity index (χ3v) is 3.00. The van der Waals surface area contributed by atoms with E-state index >= 15 is 0 Å². The second kappa shape index (κ2) is 5.56. The van der Waals surface area contributed by atoms with Crippen LogP contribution in [-0.4, -0.2) is 22.1 Å². The Morgan fingerprint density at radius 2 is 2.05 bits per heavy atom. The predicted octanol–water partition coefficient (Wildman–Crippen LogP) is 3.24. The number of nitrogens with zero attached hydrogens (tertiary/aromatic N) is 1. The molecule has 1 atom stereocenters.